The van der Waals surface area contributed by atoms with Crippen LogP contribution in [0.1, 0.15) is 24.9 Å². The minimum absolute atomic E-state index is 0.170. The molecule has 0 spiro atoms. The van der Waals surface area contributed by atoms with Crippen molar-refractivity contribution in [2.75, 3.05) is 13.2 Å². The molecule has 1 heterocycles. The topological polar surface area (TPSA) is 21.3 Å². The molecule has 1 aromatic rings. The number of hydrogen-bond acceptors (Lipinski definition) is 2. The number of nitrogens with one attached hydrogen (secondary N) is 1. The molecule has 0 aromatic heterocycles. The molecule has 2 rings (SSSR count). The highest BCUT2D eigenvalue weighted by atomic mass is 79.9. The fourth-order valence-corrected chi connectivity index (χ4v) is 2.43. The van der Waals surface area contributed by atoms with E-state index in [1.54, 1.807) is 0 Å². The van der Waals surface area contributed by atoms with Crippen LogP contribution in [0.3, 0.4) is 0 Å². The van der Waals surface area contributed by atoms with Crippen molar-refractivity contribution in [2.45, 2.75) is 19.4 Å². The van der Waals surface area contributed by atoms with Gasteiger partial charge in [-0.05, 0) is 24.3 Å². The molecular formula is C13H16BrNO. The Morgan fingerprint density at radius 3 is 2.88 bits per heavy atom. The molecule has 0 saturated heterocycles. The van der Waals surface area contributed by atoms with E-state index in [2.05, 4.69) is 52.4 Å². The Morgan fingerprint density at radius 2 is 2.25 bits per heavy atom. The van der Waals surface area contributed by atoms with E-state index in [1.165, 1.54) is 5.56 Å². The second-order valence-electron chi connectivity index (χ2n) is 3.76. The Kier molecular flexibility index (Phi) is 4.02. The van der Waals surface area contributed by atoms with Crippen molar-refractivity contribution in [3.05, 3.63) is 46.1 Å². The monoisotopic (exact) mass is 281 g/mol. The van der Waals surface area contributed by atoms with Gasteiger partial charge in [-0.15, -0.1) is 0 Å². The highest BCUT2D eigenvalue weighted by Crippen LogP contribution is 2.31. The third kappa shape index (κ3) is 2.47. The summed E-state index contributed by atoms with van der Waals surface area (Å²) in [5.41, 5.74) is 1.23. The molecule has 1 unspecified atom stereocenters. The van der Waals surface area contributed by atoms with Crippen LogP contribution < -0.4 is 5.32 Å². The number of halogens is 1. The number of benzene rings is 1. The maximum Gasteiger partial charge on any atom is 0.114 e. The lowest BCUT2D eigenvalue weighted by atomic mass is 10.0. The van der Waals surface area contributed by atoms with Crippen LogP contribution in [0, 0.1) is 0 Å². The van der Waals surface area contributed by atoms with Gasteiger partial charge in [-0.25, -0.2) is 0 Å². The molecule has 1 N–H and O–H groups in total. The molecule has 0 fully saturated rings. The van der Waals surface area contributed by atoms with Gasteiger partial charge in [0.25, 0.3) is 0 Å². The summed E-state index contributed by atoms with van der Waals surface area (Å²) >= 11 is 3.59. The minimum Gasteiger partial charge on any atom is -0.496 e. The Labute approximate surface area is 105 Å². The predicted octanol–water partition coefficient (Wildman–Crippen LogP) is 3.40. The highest BCUT2D eigenvalue weighted by molar-refractivity contribution is 9.10. The van der Waals surface area contributed by atoms with Gasteiger partial charge in [-0.2, -0.15) is 0 Å². The van der Waals surface area contributed by atoms with E-state index < -0.39 is 0 Å². The quantitative estimate of drug-likeness (QED) is 0.913. The van der Waals surface area contributed by atoms with Gasteiger partial charge in [-0.1, -0.05) is 41.1 Å². The number of rotatable bonds is 4. The van der Waals surface area contributed by atoms with Crippen LogP contribution in [0.4, 0.5) is 0 Å². The number of ether oxygens (including phenoxy) is 1. The second-order valence-corrected chi connectivity index (χ2v) is 4.61. The standard InChI is InChI=1S/C13H16BrNO/c1-2-15-13(12-8-5-9-16-12)10-6-3-4-7-11(10)14/h3-4,6-8,13,15H,2,5,9H2,1H3. The van der Waals surface area contributed by atoms with E-state index in [9.17, 15) is 0 Å². The smallest absolute Gasteiger partial charge is 0.114 e. The Bertz CT molecular complexity index is 389. The summed E-state index contributed by atoms with van der Waals surface area (Å²) < 4.78 is 6.78. The van der Waals surface area contributed by atoms with Crippen LogP contribution in [0.5, 0.6) is 0 Å². The Morgan fingerprint density at radius 1 is 1.44 bits per heavy atom. The molecule has 16 heavy (non-hydrogen) atoms. The predicted molar refractivity (Wildman–Crippen MR) is 69.2 cm³/mol. The average Bonchev–Trinajstić information content (AvgIpc) is 2.80. The maximum atomic E-state index is 5.65. The van der Waals surface area contributed by atoms with Crippen LogP contribution in [-0.4, -0.2) is 13.2 Å². The molecule has 1 atom stereocenters. The zero-order chi connectivity index (χ0) is 11.4. The third-order valence-electron chi connectivity index (χ3n) is 2.64. The first-order chi connectivity index (χ1) is 7.83. The summed E-state index contributed by atoms with van der Waals surface area (Å²) in [4.78, 5) is 0. The van der Waals surface area contributed by atoms with E-state index >= 15 is 0 Å². The molecule has 0 aliphatic carbocycles. The summed E-state index contributed by atoms with van der Waals surface area (Å²) in [6, 6.07) is 8.44. The van der Waals surface area contributed by atoms with Gasteiger partial charge < -0.3 is 10.1 Å². The summed E-state index contributed by atoms with van der Waals surface area (Å²) in [5, 5.41) is 3.46. The van der Waals surface area contributed by atoms with Crippen LogP contribution in [0.25, 0.3) is 0 Å². The molecule has 0 saturated carbocycles. The van der Waals surface area contributed by atoms with E-state index in [0.29, 0.717) is 0 Å². The van der Waals surface area contributed by atoms with Crippen molar-refractivity contribution < 1.29 is 4.74 Å². The lowest BCUT2D eigenvalue weighted by molar-refractivity contribution is 0.216. The van der Waals surface area contributed by atoms with Crippen molar-refractivity contribution in [1.82, 2.24) is 5.32 Å². The Balaban J connectivity index is 2.28. The largest absolute Gasteiger partial charge is 0.496 e. The zero-order valence-corrected chi connectivity index (χ0v) is 11.0. The molecule has 1 aromatic carbocycles. The first-order valence-electron chi connectivity index (χ1n) is 5.63. The Hall–Kier alpha value is -0.800. The molecule has 2 nitrogen and oxygen atoms in total. The lowest BCUT2D eigenvalue weighted by Gasteiger charge is -2.20. The van der Waals surface area contributed by atoms with Gasteiger partial charge in [0.2, 0.25) is 0 Å². The second kappa shape index (κ2) is 5.51. The van der Waals surface area contributed by atoms with Crippen LogP contribution in [0.2, 0.25) is 0 Å². The van der Waals surface area contributed by atoms with Crippen molar-refractivity contribution >= 4 is 15.9 Å². The summed E-state index contributed by atoms with van der Waals surface area (Å²) in [6.45, 7) is 3.84. The van der Waals surface area contributed by atoms with Crippen molar-refractivity contribution in [2.24, 2.45) is 0 Å². The summed E-state index contributed by atoms with van der Waals surface area (Å²) in [7, 11) is 0. The number of hydrogen-bond donors (Lipinski definition) is 1. The van der Waals surface area contributed by atoms with Gasteiger partial charge in [0.15, 0.2) is 0 Å². The SMILES string of the molecule is CCNC(C1=CCCO1)c1ccccc1Br. The highest BCUT2D eigenvalue weighted by Gasteiger charge is 2.21. The van der Waals surface area contributed by atoms with Gasteiger partial charge in [0.05, 0.1) is 12.6 Å². The fourth-order valence-electron chi connectivity index (χ4n) is 1.92. The molecule has 0 radical (unpaired) electrons. The lowest BCUT2D eigenvalue weighted by Crippen LogP contribution is -2.23. The summed E-state index contributed by atoms with van der Waals surface area (Å²) in [5.74, 6) is 1.05. The van der Waals surface area contributed by atoms with Gasteiger partial charge in [-0.3, -0.25) is 0 Å². The van der Waals surface area contributed by atoms with E-state index in [-0.39, 0.29) is 6.04 Å². The molecule has 0 amide bonds. The minimum atomic E-state index is 0.170. The van der Waals surface area contributed by atoms with Crippen molar-refractivity contribution in [1.29, 1.82) is 0 Å². The molecule has 1 aliphatic rings. The molecule has 3 heteroatoms. The van der Waals surface area contributed by atoms with Crippen LogP contribution in [-0.2, 0) is 4.74 Å². The number of likely N-dealkylation sites (N-methyl/N-ethyl adjacent to an activating group) is 1. The average molecular weight is 282 g/mol. The normalized spacial score (nSPS) is 16.8. The third-order valence-corrected chi connectivity index (χ3v) is 3.36. The van der Waals surface area contributed by atoms with Crippen molar-refractivity contribution in [3.63, 3.8) is 0 Å². The first kappa shape index (κ1) is 11.7. The van der Waals surface area contributed by atoms with Crippen LogP contribution in [0.15, 0.2) is 40.6 Å². The van der Waals surface area contributed by atoms with E-state index in [0.717, 1.165) is 29.8 Å². The van der Waals surface area contributed by atoms with Gasteiger partial charge >= 0.3 is 0 Å². The molecular weight excluding hydrogens is 266 g/mol. The zero-order valence-electron chi connectivity index (χ0n) is 9.37. The van der Waals surface area contributed by atoms with Crippen molar-refractivity contribution in [3.8, 4) is 0 Å². The first-order valence-corrected chi connectivity index (χ1v) is 6.43. The summed E-state index contributed by atoms with van der Waals surface area (Å²) in [6.07, 6.45) is 3.19. The van der Waals surface area contributed by atoms with Crippen LogP contribution >= 0.6 is 15.9 Å². The fraction of sp³-hybridized carbons (Fsp3) is 0.385. The van der Waals surface area contributed by atoms with E-state index in [1.807, 2.05) is 6.07 Å². The molecule has 0 bridgehead atoms. The molecule has 86 valence electrons. The maximum absolute atomic E-state index is 5.65. The van der Waals surface area contributed by atoms with Gasteiger partial charge in [0, 0.05) is 10.9 Å². The molecule has 1 aliphatic heterocycles. The van der Waals surface area contributed by atoms with E-state index in [4.69, 9.17) is 4.74 Å². The van der Waals surface area contributed by atoms with Gasteiger partial charge in [0.1, 0.15) is 5.76 Å².